The standard InChI is InChI=1S/C20H20BrN3O2S.2ClH/c21-18-8-6-16(7-9-18)3-2-11-22-13-14-24-27(25,26)20-5-1-4-17-15-23-12-10-19(17)20;;/h1-10,12,15,22,24H,11,13-14H2;2*1H. The average molecular weight is 519 g/mol. The fourth-order valence-electron chi connectivity index (χ4n) is 2.63. The lowest BCUT2D eigenvalue weighted by Crippen LogP contribution is -2.32. The van der Waals surface area contributed by atoms with Crippen LogP contribution in [-0.4, -0.2) is 33.0 Å². The monoisotopic (exact) mass is 517 g/mol. The third kappa shape index (κ3) is 7.37. The number of hydrogen-bond donors (Lipinski definition) is 2. The summed E-state index contributed by atoms with van der Waals surface area (Å²) in [6.07, 6.45) is 7.29. The first-order valence-corrected chi connectivity index (χ1v) is 10.8. The maximum Gasteiger partial charge on any atom is 0.241 e. The van der Waals surface area contributed by atoms with Crippen LogP contribution in [0.5, 0.6) is 0 Å². The molecule has 1 aromatic heterocycles. The molecule has 0 amide bonds. The van der Waals surface area contributed by atoms with Crippen molar-refractivity contribution in [3.63, 3.8) is 0 Å². The van der Waals surface area contributed by atoms with Crippen molar-refractivity contribution >= 4 is 67.6 Å². The van der Waals surface area contributed by atoms with Crippen molar-refractivity contribution in [2.75, 3.05) is 19.6 Å². The second-order valence-electron chi connectivity index (χ2n) is 5.91. The maximum absolute atomic E-state index is 12.6. The third-order valence-corrected chi connectivity index (χ3v) is 6.01. The molecule has 0 saturated carbocycles. The molecule has 1 heterocycles. The molecule has 0 fully saturated rings. The predicted octanol–water partition coefficient (Wildman–Crippen LogP) is 4.42. The van der Waals surface area contributed by atoms with Gasteiger partial charge in [0.15, 0.2) is 0 Å². The minimum absolute atomic E-state index is 0. The van der Waals surface area contributed by atoms with E-state index < -0.39 is 10.0 Å². The van der Waals surface area contributed by atoms with E-state index in [2.05, 4.69) is 31.0 Å². The van der Waals surface area contributed by atoms with Crippen LogP contribution in [0.2, 0.25) is 0 Å². The molecule has 0 atom stereocenters. The van der Waals surface area contributed by atoms with E-state index in [1.54, 1.807) is 30.6 Å². The number of nitrogens with one attached hydrogen (secondary N) is 2. The molecule has 0 aliphatic rings. The Bertz CT molecular complexity index is 1040. The molecule has 9 heteroatoms. The summed E-state index contributed by atoms with van der Waals surface area (Å²) in [5, 5.41) is 4.67. The lowest BCUT2D eigenvalue weighted by atomic mass is 10.2. The fraction of sp³-hybridized carbons (Fsp3) is 0.150. The Balaban J connectivity index is 0.00000210. The van der Waals surface area contributed by atoms with Crippen molar-refractivity contribution < 1.29 is 8.42 Å². The number of aromatic nitrogens is 1. The average Bonchev–Trinajstić information content (AvgIpc) is 2.68. The van der Waals surface area contributed by atoms with Gasteiger partial charge in [0.1, 0.15) is 0 Å². The molecule has 0 saturated heterocycles. The highest BCUT2D eigenvalue weighted by Crippen LogP contribution is 2.21. The molecular weight excluding hydrogens is 497 g/mol. The van der Waals surface area contributed by atoms with Gasteiger partial charge in [-0.1, -0.05) is 52.3 Å². The van der Waals surface area contributed by atoms with Gasteiger partial charge in [0.25, 0.3) is 0 Å². The van der Waals surface area contributed by atoms with Crippen LogP contribution in [0.4, 0.5) is 0 Å². The fourth-order valence-corrected chi connectivity index (χ4v) is 4.16. The van der Waals surface area contributed by atoms with E-state index >= 15 is 0 Å². The Morgan fingerprint density at radius 3 is 2.52 bits per heavy atom. The molecule has 3 aromatic rings. The molecule has 29 heavy (non-hydrogen) atoms. The van der Waals surface area contributed by atoms with E-state index in [0.29, 0.717) is 25.0 Å². The molecule has 3 rings (SSSR count). The quantitative estimate of drug-likeness (QED) is 0.433. The van der Waals surface area contributed by atoms with Crippen LogP contribution in [-0.2, 0) is 10.0 Å². The molecule has 5 nitrogen and oxygen atoms in total. The van der Waals surface area contributed by atoms with Gasteiger partial charge in [-0.15, -0.1) is 24.8 Å². The van der Waals surface area contributed by atoms with Crippen molar-refractivity contribution in [2.24, 2.45) is 0 Å². The van der Waals surface area contributed by atoms with Crippen molar-refractivity contribution in [1.29, 1.82) is 0 Å². The molecule has 2 aromatic carbocycles. The third-order valence-electron chi connectivity index (χ3n) is 3.97. The largest absolute Gasteiger partial charge is 0.312 e. The van der Waals surface area contributed by atoms with Crippen LogP contribution in [0.25, 0.3) is 16.8 Å². The van der Waals surface area contributed by atoms with E-state index in [9.17, 15) is 8.42 Å². The Labute approximate surface area is 192 Å². The highest BCUT2D eigenvalue weighted by molar-refractivity contribution is 9.10. The number of fused-ring (bicyclic) bond motifs is 1. The summed E-state index contributed by atoms with van der Waals surface area (Å²) in [6.45, 7) is 1.52. The highest BCUT2D eigenvalue weighted by Gasteiger charge is 2.16. The van der Waals surface area contributed by atoms with E-state index in [1.807, 2.05) is 42.5 Å². The van der Waals surface area contributed by atoms with Crippen molar-refractivity contribution in [3.05, 3.63) is 77.0 Å². The van der Waals surface area contributed by atoms with Gasteiger partial charge in [-0.25, -0.2) is 13.1 Å². The second-order valence-corrected chi connectivity index (χ2v) is 8.56. The van der Waals surface area contributed by atoms with Crippen LogP contribution >= 0.6 is 40.7 Å². The van der Waals surface area contributed by atoms with Gasteiger partial charge >= 0.3 is 0 Å². The first kappa shape index (κ1) is 25.6. The lowest BCUT2D eigenvalue weighted by molar-refractivity contribution is 0.579. The van der Waals surface area contributed by atoms with Crippen LogP contribution in [0.15, 0.2) is 76.4 Å². The highest BCUT2D eigenvalue weighted by atomic mass is 79.9. The van der Waals surface area contributed by atoms with Gasteiger partial charge in [-0.3, -0.25) is 4.98 Å². The molecule has 0 aliphatic heterocycles. The lowest BCUT2D eigenvalue weighted by Gasteiger charge is -2.09. The first-order valence-electron chi connectivity index (χ1n) is 8.51. The van der Waals surface area contributed by atoms with Gasteiger partial charge in [0.2, 0.25) is 10.0 Å². The smallest absolute Gasteiger partial charge is 0.241 e. The number of halogens is 3. The summed E-state index contributed by atoms with van der Waals surface area (Å²) in [5.74, 6) is 0. The van der Waals surface area contributed by atoms with E-state index in [1.165, 1.54) is 0 Å². The number of benzene rings is 2. The topological polar surface area (TPSA) is 71.1 Å². The minimum Gasteiger partial charge on any atom is -0.312 e. The molecular formula is C20H22BrCl2N3O2S. The molecule has 0 spiro atoms. The van der Waals surface area contributed by atoms with Crippen molar-refractivity contribution in [2.45, 2.75) is 4.90 Å². The Morgan fingerprint density at radius 2 is 1.76 bits per heavy atom. The molecule has 2 N–H and O–H groups in total. The summed E-state index contributed by atoms with van der Waals surface area (Å²) < 4.78 is 28.8. The first-order chi connectivity index (χ1) is 13.1. The van der Waals surface area contributed by atoms with Crippen molar-refractivity contribution in [1.82, 2.24) is 15.0 Å². The summed E-state index contributed by atoms with van der Waals surface area (Å²) in [4.78, 5) is 4.31. The maximum atomic E-state index is 12.6. The Hall–Kier alpha value is -1.48. The van der Waals surface area contributed by atoms with Gasteiger partial charge in [0.05, 0.1) is 4.90 Å². The zero-order valence-electron chi connectivity index (χ0n) is 15.4. The van der Waals surface area contributed by atoms with E-state index in [0.717, 1.165) is 15.4 Å². The number of nitrogens with zero attached hydrogens (tertiary/aromatic N) is 1. The summed E-state index contributed by atoms with van der Waals surface area (Å²) in [6, 6.07) is 14.9. The molecule has 0 radical (unpaired) electrons. The molecule has 0 aliphatic carbocycles. The molecule has 0 bridgehead atoms. The second kappa shape index (κ2) is 12.3. The number of sulfonamides is 1. The van der Waals surface area contributed by atoms with Crippen LogP contribution < -0.4 is 10.0 Å². The minimum atomic E-state index is -3.57. The molecule has 156 valence electrons. The normalized spacial score (nSPS) is 11.2. The zero-order valence-corrected chi connectivity index (χ0v) is 19.5. The summed E-state index contributed by atoms with van der Waals surface area (Å²) in [7, 11) is -3.57. The number of rotatable bonds is 8. The number of hydrogen-bond acceptors (Lipinski definition) is 4. The van der Waals surface area contributed by atoms with Gasteiger partial charge in [0, 0.05) is 47.3 Å². The number of pyridine rings is 1. The van der Waals surface area contributed by atoms with Crippen molar-refractivity contribution in [3.8, 4) is 0 Å². The Kier molecular flexibility index (Phi) is 10.8. The molecule has 0 unspecified atom stereocenters. The van der Waals surface area contributed by atoms with Gasteiger partial charge < -0.3 is 5.32 Å². The van der Waals surface area contributed by atoms with E-state index in [-0.39, 0.29) is 29.7 Å². The van der Waals surface area contributed by atoms with Gasteiger partial charge in [-0.2, -0.15) is 0 Å². The van der Waals surface area contributed by atoms with Crippen LogP contribution in [0, 0.1) is 0 Å². The Morgan fingerprint density at radius 1 is 1.00 bits per heavy atom. The van der Waals surface area contributed by atoms with Crippen LogP contribution in [0.3, 0.4) is 0 Å². The van der Waals surface area contributed by atoms with E-state index in [4.69, 9.17) is 0 Å². The summed E-state index contributed by atoms with van der Waals surface area (Å²) >= 11 is 3.41. The predicted molar refractivity (Wildman–Crippen MR) is 127 cm³/mol. The summed E-state index contributed by atoms with van der Waals surface area (Å²) in [5.41, 5.74) is 1.12. The SMILES string of the molecule is Cl.Cl.O=S(=O)(NCCNCC=Cc1ccc(Br)cc1)c1cccc2cnccc12. The zero-order chi connectivity index (χ0) is 19.1. The van der Waals surface area contributed by atoms with Gasteiger partial charge in [-0.05, 0) is 29.8 Å². The van der Waals surface area contributed by atoms with Crippen LogP contribution in [0.1, 0.15) is 5.56 Å².